The Morgan fingerprint density at radius 3 is 2.31 bits per heavy atom. The molecule has 0 unspecified atom stereocenters. The van der Waals surface area contributed by atoms with Crippen LogP contribution < -0.4 is 0 Å². The van der Waals surface area contributed by atoms with Crippen LogP contribution in [0.5, 0.6) is 0 Å². The minimum absolute atomic E-state index is 0.234. The van der Waals surface area contributed by atoms with Gasteiger partial charge < -0.3 is 10.3 Å². The van der Waals surface area contributed by atoms with Crippen molar-refractivity contribution in [1.82, 2.24) is 0 Å². The SMILES string of the molecule is CCC(CCCCCC(=O)O)=NO. The van der Waals surface area contributed by atoms with Gasteiger partial charge in [0.2, 0.25) is 0 Å². The third kappa shape index (κ3) is 7.31. The molecule has 0 bridgehead atoms. The van der Waals surface area contributed by atoms with Crippen LogP contribution in [0.1, 0.15) is 45.4 Å². The van der Waals surface area contributed by atoms with Crippen LogP contribution in [-0.2, 0) is 4.79 Å². The number of rotatable bonds is 7. The van der Waals surface area contributed by atoms with Crippen molar-refractivity contribution in [2.75, 3.05) is 0 Å². The van der Waals surface area contributed by atoms with Crippen molar-refractivity contribution in [1.29, 1.82) is 0 Å². The molecule has 13 heavy (non-hydrogen) atoms. The van der Waals surface area contributed by atoms with Gasteiger partial charge in [-0.15, -0.1) is 0 Å². The lowest BCUT2D eigenvalue weighted by molar-refractivity contribution is -0.137. The summed E-state index contributed by atoms with van der Waals surface area (Å²) in [6.07, 6.45) is 4.25. The Labute approximate surface area is 78.3 Å². The molecule has 0 fully saturated rings. The zero-order valence-corrected chi connectivity index (χ0v) is 7.99. The minimum Gasteiger partial charge on any atom is -0.481 e. The number of carboxylic acids is 1. The van der Waals surface area contributed by atoms with Gasteiger partial charge in [-0.3, -0.25) is 4.79 Å². The van der Waals surface area contributed by atoms with Crippen molar-refractivity contribution in [2.24, 2.45) is 5.16 Å². The molecule has 0 saturated heterocycles. The molecule has 0 radical (unpaired) electrons. The standard InChI is InChI=1S/C9H17NO3/c1-2-8(10-13)6-4-3-5-7-9(11)12/h13H,2-7H2,1H3,(H,11,12). The molecule has 76 valence electrons. The normalized spacial score (nSPS) is 11.6. The molecule has 0 saturated carbocycles. The van der Waals surface area contributed by atoms with E-state index < -0.39 is 5.97 Å². The van der Waals surface area contributed by atoms with Crippen molar-refractivity contribution in [3.63, 3.8) is 0 Å². The van der Waals surface area contributed by atoms with Gasteiger partial charge in [-0.2, -0.15) is 0 Å². The average Bonchev–Trinajstić information content (AvgIpc) is 2.11. The number of unbranched alkanes of at least 4 members (excludes halogenated alkanes) is 2. The van der Waals surface area contributed by atoms with Crippen LogP contribution in [0, 0.1) is 0 Å². The molecule has 4 nitrogen and oxygen atoms in total. The number of carbonyl (C=O) groups is 1. The van der Waals surface area contributed by atoms with E-state index in [9.17, 15) is 4.79 Å². The van der Waals surface area contributed by atoms with Crippen LogP contribution in [0.3, 0.4) is 0 Å². The molecule has 2 N–H and O–H groups in total. The maximum atomic E-state index is 10.1. The van der Waals surface area contributed by atoms with E-state index in [1.807, 2.05) is 6.92 Å². The van der Waals surface area contributed by atoms with E-state index in [0.29, 0.717) is 6.42 Å². The topological polar surface area (TPSA) is 69.9 Å². The van der Waals surface area contributed by atoms with Crippen LogP contribution in [0.25, 0.3) is 0 Å². The average molecular weight is 187 g/mol. The molecule has 0 aromatic carbocycles. The molecule has 0 aliphatic rings. The molecule has 0 aromatic rings. The third-order valence-electron chi connectivity index (χ3n) is 1.91. The fourth-order valence-corrected chi connectivity index (χ4v) is 1.08. The highest BCUT2D eigenvalue weighted by Gasteiger charge is 1.99. The fourth-order valence-electron chi connectivity index (χ4n) is 1.08. The first-order valence-corrected chi connectivity index (χ1v) is 4.62. The highest BCUT2D eigenvalue weighted by molar-refractivity contribution is 5.83. The summed E-state index contributed by atoms with van der Waals surface area (Å²) in [4.78, 5) is 10.1. The van der Waals surface area contributed by atoms with E-state index in [-0.39, 0.29) is 6.42 Å². The Bertz CT molecular complexity index is 178. The van der Waals surface area contributed by atoms with E-state index in [4.69, 9.17) is 10.3 Å². The molecule has 0 aliphatic heterocycles. The van der Waals surface area contributed by atoms with Crippen LogP contribution in [0.2, 0.25) is 0 Å². The molecular formula is C9H17NO3. The first-order valence-electron chi connectivity index (χ1n) is 4.62. The summed E-state index contributed by atoms with van der Waals surface area (Å²) in [5, 5.41) is 20.0. The summed E-state index contributed by atoms with van der Waals surface area (Å²) in [6, 6.07) is 0. The zero-order valence-electron chi connectivity index (χ0n) is 7.99. The lowest BCUT2D eigenvalue weighted by atomic mass is 10.1. The Kier molecular flexibility index (Phi) is 6.96. The van der Waals surface area contributed by atoms with Gasteiger partial charge in [0.05, 0.1) is 5.71 Å². The molecule has 4 heteroatoms. The largest absolute Gasteiger partial charge is 0.481 e. The van der Waals surface area contributed by atoms with Gasteiger partial charge in [-0.1, -0.05) is 18.5 Å². The highest BCUT2D eigenvalue weighted by Crippen LogP contribution is 2.05. The van der Waals surface area contributed by atoms with Gasteiger partial charge in [-0.05, 0) is 25.7 Å². The van der Waals surface area contributed by atoms with Crippen LogP contribution in [0.4, 0.5) is 0 Å². The lowest BCUT2D eigenvalue weighted by Gasteiger charge is -2.00. The quantitative estimate of drug-likeness (QED) is 0.278. The molecule has 0 spiro atoms. The predicted molar refractivity (Wildman–Crippen MR) is 50.2 cm³/mol. The number of oxime groups is 1. The van der Waals surface area contributed by atoms with Crippen molar-refractivity contribution < 1.29 is 15.1 Å². The number of aliphatic carboxylic acids is 1. The Morgan fingerprint density at radius 1 is 1.23 bits per heavy atom. The molecule has 0 aliphatic carbocycles. The maximum Gasteiger partial charge on any atom is 0.303 e. The summed E-state index contributed by atoms with van der Waals surface area (Å²) >= 11 is 0. The maximum absolute atomic E-state index is 10.1. The van der Waals surface area contributed by atoms with Crippen molar-refractivity contribution in [3.8, 4) is 0 Å². The van der Waals surface area contributed by atoms with E-state index in [1.165, 1.54) is 0 Å². The number of hydrogen-bond acceptors (Lipinski definition) is 3. The van der Waals surface area contributed by atoms with Gasteiger partial charge in [0, 0.05) is 6.42 Å². The van der Waals surface area contributed by atoms with Gasteiger partial charge in [0.1, 0.15) is 0 Å². The Balaban J connectivity index is 3.30. The van der Waals surface area contributed by atoms with Gasteiger partial charge in [-0.25, -0.2) is 0 Å². The number of nitrogens with zero attached hydrogens (tertiary/aromatic N) is 1. The molecule has 0 heterocycles. The van der Waals surface area contributed by atoms with E-state index >= 15 is 0 Å². The Hall–Kier alpha value is -1.06. The minimum atomic E-state index is -0.744. The summed E-state index contributed by atoms with van der Waals surface area (Å²) in [6.45, 7) is 1.94. The van der Waals surface area contributed by atoms with E-state index in [0.717, 1.165) is 31.4 Å². The molecular weight excluding hydrogens is 170 g/mol. The summed E-state index contributed by atoms with van der Waals surface area (Å²) in [5.41, 5.74) is 0.787. The van der Waals surface area contributed by atoms with Crippen LogP contribution >= 0.6 is 0 Å². The van der Waals surface area contributed by atoms with Gasteiger partial charge in [0.25, 0.3) is 0 Å². The molecule has 0 rings (SSSR count). The van der Waals surface area contributed by atoms with Crippen LogP contribution in [0.15, 0.2) is 5.16 Å². The van der Waals surface area contributed by atoms with E-state index in [1.54, 1.807) is 0 Å². The van der Waals surface area contributed by atoms with E-state index in [2.05, 4.69) is 5.16 Å². The molecule has 0 atom stereocenters. The fraction of sp³-hybridized carbons (Fsp3) is 0.778. The van der Waals surface area contributed by atoms with Gasteiger partial charge in [0.15, 0.2) is 0 Å². The Morgan fingerprint density at radius 2 is 1.85 bits per heavy atom. The summed E-state index contributed by atoms with van der Waals surface area (Å²) < 4.78 is 0. The number of carboxylic acid groups (broad SMARTS) is 1. The smallest absolute Gasteiger partial charge is 0.303 e. The zero-order chi connectivity index (χ0) is 10.1. The van der Waals surface area contributed by atoms with Crippen molar-refractivity contribution in [3.05, 3.63) is 0 Å². The second-order valence-electron chi connectivity index (χ2n) is 2.97. The molecule has 0 aromatic heterocycles. The summed E-state index contributed by atoms with van der Waals surface area (Å²) in [5.74, 6) is -0.744. The predicted octanol–water partition coefficient (Wildman–Crippen LogP) is 2.26. The monoisotopic (exact) mass is 187 g/mol. The lowest BCUT2D eigenvalue weighted by Crippen LogP contribution is -1.97. The van der Waals surface area contributed by atoms with Crippen molar-refractivity contribution in [2.45, 2.75) is 45.4 Å². The second kappa shape index (κ2) is 7.58. The van der Waals surface area contributed by atoms with Gasteiger partial charge >= 0.3 is 5.97 Å². The third-order valence-corrected chi connectivity index (χ3v) is 1.91. The second-order valence-corrected chi connectivity index (χ2v) is 2.97. The highest BCUT2D eigenvalue weighted by atomic mass is 16.4. The van der Waals surface area contributed by atoms with Crippen LogP contribution in [-0.4, -0.2) is 22.0 Å². The first kappa shape index (κ1) is 11.9. The van der Waals surface area contributed by atoms with Crippen molar-refractivity contribution >= 4 is 11.7 Å². The molecule has 0 amide bonds. The summed E-state index contributed by atoms with van der Waals surface area (Å²) in [7, 11) is 0. The number of hydrogen-bond donors (Lipinski definition) is 2. The first-order chi connectivity index (χ1) is 6.20.